The molecule has 0 radical (unpaired) electrons. The van der Waals surface area contributed by atoms with Gasteiger partial charge in [0.2, 0.25) is 0 Å². The zero-order chi connectivity index (χ0) is 31.0. The average molecular weight is 656 g/mol. The van der Waals surface area contributed by atoms with Crippen molar-refractivity contribution >= 4 is 46.1 Å². The quantitative estimate of drug-likeness (QED) is 0.0901. The first-order valence-corrected chi connectivity index (χ1v) is 15.9. The molecule has 4 rings (SSSR count). The number of phosphoric ester groups is 2. The number of nitrogen functional groups attached to an aromatic ring is 1. The third kappa shape index (κ3) is 7.24. The first kappa shape index (κ1) is 32.2. The number of nitrogens with two attached hydrogens (primary N) is 1. The van der Waals surface area contributed by atoms with Gasteiger partial charge in [0, 0.05) is 6.07 Å². The summed E-state index contributed by atoms with van der Waals surface area (Å²) in [6.07, 6.45) is -5.44. The van der Waals surface area contributed by atoms with Crippen molar-refractivity contribution < 1.29 is 65.9 Å². The Morgan fingerprint density at radius 3 is 2.43 bits per heavy atom. The Kier molecular flexibility index (Phi) is 9.27. The first-order valence-electron chi connectivity index (χ1n) is 11.4. The van der Waals surface area contributed by atoms with E-state index < -0.39 is 71.3 Å². The second-order valence-corrected chi connectivity index (χ2v) is 13.1. The number of nitro groups is 1. The maximum absolute atomic E-state index is 12.3. The molecule has 21 nitrogen and oxygen atoms in total. The molecule has 0 saturated carbocycles. The molecular formula is C18H23N6O15P3. The molecule has 7 N–H and O–H groups in total. The first-order chi connectivity index (χ1) is 19.5. The molecule has 0 aliphatic carbocycles. The fraction of sp³-hybridized carbons (Fsp3) is 0.389. The maximum atomic E-state index is 12.3. The van der Waals surface area contributed by atoms with Crippen molar-refractivity contribution in [1.82, 2.24) is 19.5 Å². The largest absolute Gasteiger partial charge is 0.490 e. The zero-order valence-electron chi connectivity index (χ0n) is 21.0. The number of nitrogens with zero attached hydrogens (tertiary/aromatic N) is 5. The minimum atomic E-state index is -5.89. The van der Waals surface area contributed by atoms with Crippen LogP contribution in [0.4, 0.5) is 11.5 Å². The molecule has 1 fully saturated rings. The molecule has 8 atom stereocenters. The third-order valence-corrected chi connectivity index (χ3v) is 10.0. The van der Waals surface area contributed by atoms with Gasteiger partial charge >= 0.3 is 23.5 Å². The van der Waals surface area contributed by atoms with Crippen LogP contribution in [0.25, 0.3) is 11.2 Å². The van der Waals surface area contributed by atoms with Crippen molar-refractivity contribution in [2.24, 2.45) is 0 Å². The predicted molar refractivity (Wildman–Crippen MR) is 136 cm³/mol. The van der Waals surface area contributed by atoms with E-state index in [-0.39, 0.29) is 22.5 Å². The van der Waals surface area contributed by atoms with E-state index in [0.29, 0.717) is 0 Å². The highest BCUT2D eigenvalue weighted by atomic mass is 31.3. The molecular weight excluding hydrogens is 633 g/mol. The van der Waals surface area contributed by atoms with E-state index >= 15 is 0 Å². The van der Waals surface area contributed by atoms with Crippen molar-refractivity contribution in [3.8, 4) is 0 Å². The molecule has 230 valence electrons. The Bertz CT molecular complexity index is 1620. The lowest BCUT2D eigenvalue weighted by Gasteiger charge is -2.21. The lowest BCUT2D eigenvalue weighted by molar-refractivity contribution is -0.386. The van der Waals surface area contributed by atoms with E-state index in [4.69, 9.17) is 10.5 Å². The minimum Gasteiger partial charge on any atom is -0.387 e. The topological polar surface area (TPSA) is 311 Å². The highest BCUT2D eigenvalue weighted by Crippen LogP contribution is 2.68. The number of ether oxygens (including phenoxy) is 1. The van der Waals surface area contributed by atoms with Crippen LogP contribution in [0.15, 0.2) is 36.9 Å². The van der Waals surface area contributed by atoms with Crippen LogP contribution in [0.2, 0.25) is 0 Å². The van der Waals surface area contributed by atoms with Gasteiger partial charge in [-0.05, 0) is 13.0 Å². The number of hydrogen-bond donors (Lipinski definition) is 6. The third-order valence-electron chi connectivity index (χ3n) is 5.68. The molecule has 0 amide bonds. The van der Waals surface area contributed by atoms with Crippen molar-refractivity contribution in [3.05, 3.63) is 52.6 Å². The van der Waals surface area contributed by atoms with Crippen LogP contribution in [-0.4, -0.2) is 74.3 Å². The standard InChI is InChI=1S/C18H23N6O15P3/c1-9(10-4-2-3-5-11(10)24(27)28)37-41(31,32)39-42(33,34)38-40(29,30)35-6-12-14(25)15(26)18(36-12)23-8-22-13-16(19)20-7-21-17(13)23/h2-5,7-9,12,14-15,18,25-26H,6H2,1H3,(H,29,30)(H,31,32)(H,33,34)(H2,19,20,21)/t9?,12?,14?,15?,18-/m0/s1. The number of hydrogen-bond acceptors (Lipinski definition) is 16. The van der Waals surface area contributed by atoms with Crippen LogP contribution in [-0.2, 0) is 36.1 Å². The summed E-state index contributed by atoms with van der Waals surface area (Å²) >= 11 is 0. The van der Waals surface area contributed by atoms with Gasteiger partial charge in [0.15, 0.2) is 17.7 Å². The fourth-order valence-corrected chi connectivity index (χ4v) is 7.56. The Morgan fingerprint density at radius 2 is 1.74 bits per heavy atom. The lowest BCUT2D eigenvalue weighted by atomic mass is 10.1. The number of aromatic nitrogens is 4. The summed E-state index contributed by atoms with van der Waals surface area (Å²) in [4.78, 5) is 51.7. The van der Waals surface area contributed by atoms with Crippen LogP contribution in [0, 0.1) is 10.1 Å². The summed E-state index contributed by atoms with van der Waals surface area (Å²) in [5, 5.41) is 32.0. The van der Waals surface area contributed by atoms with Crippen molar-refractivity contribution in [1.29, 1.82) is 0 Å². The number of fused-ring (bicyclic) bond motifs is 1. The number of aliphatic hydroxyl groups is 2. The van der Waals surface area contributed by atoms with Gasteiger partial charge in [-0.25, -0.2) is 28.6 Å². The summed E-state index contributed by atoms with van der Waals surface area (Å²) < 4.78 is 60.8. The lowest BCUT2D eigenvalue weighted by Crippen LogP contribution is -2.33. The summed E-state index contributed by atoms with van der Waals surface area (Å²) in [6, 6.07) is 4.94. The van der Waals surface area contributed by atoms with Crippen LogP contribution in [0.3, 0.4) is 0 Å². The summed E-state index contributed by atoms with van der Waals surface area (Å²) in [6.45, 7) is 0.0924. The van der Waals surface area contributed by atoms with E-state index in [1.54, 1.807) is 0 Å². The smallest absolute Gasteiger partial charge is 0.387 e. The number of para-hydroxylation sites is 1. The minimum absolute atomic E-state index is 0.0225. The Morgan fingerprint density at radius 1 is 1.07 bits per heavy atom. The van der Waals surface area contributed by atoms with E-state index in [2.05, 4.69) is 32.6 Å². The van der Waals surface area contributed by atoms with Gasteiger partial charge in [0.25, 0.3) is 5.69 Å². The van der Waals surface area contributed by atoms with Gasteiger partial charge in [-0.2, -0.15) is 8.62 Å². The monoisotopic (exact) mass is 656 g/mol. The van der Waals surface area contributed by atoms with Crippen molar-refractivity contribution in [2.45, 2.75) is 37.6 Å². The number of phosphoric acid groups is 3. The number of anilines is 1. The van der Waals surface area contributed by atoms with Gasteiger partial charge in [-0.3, -0.25) is 23.7 Å². The molecule has 1 aliphatic heterocycles. The van der Waals surface area contributed by atoms with Crippen molar-refractivity contribution in [3.63, 3.8) is 0 Å². The molecule has 3 aromatic rings. The summed E-state index contributed by atoms with van der Waals surface area (Å²) in [7, 11) is -17.0. The van der Waals surface area contributed by atoms with Gasteiger partial charge < -0.3 is 35.4 Å². The molecule has 1 aliphatic rings. The predicted octanol–water partition coefficient (Wildman–Crippen LogP) is 1.06. The molecule has 0 bridgehead atoms. The summed E-state index contributed by atoms with van der Waals surface area (Å²) in [5.74, 6) is 0.0225. The zero-order valence-corrected chi connectivity index (χ0v) is 23.7. The van der Waals surface area contributed by atoms with Crippen LogP contribution < -0.4 is 5.73 Å². The Balaban J connectivity index is 1.37. The Hall–Kier alpha value is -2.74. The molecule has 7 unspecified atom stereocenters. The van der Waals surface area contributed by atoms with Gasteiger partial charge in [0.1, 0.15) is 30.2 Å². The average Bonchev–Trinajstić information content (AvgIpc) is 3.42. The molecule has 1 saturated heterocycles. The van der Waals surface area contributed by atoms with Gasteiger partial charge in [-0.15, -0.1) is 0 Å². The molecule has 3 heterocycles. The molecule has 0 spiro atoms. The number of rotatable bonds is 12. The van der Waals surface area contributed by atoms with Crippen LogP contribution in [0.1, 0.15) is 24.8 Å². The second-order valence-electron chi connectivity index (χ2n) is 8.56. The van der Waals surface area contributed by atoms with Crippen LogP contribution in [0.5, 0.6) is 0 Å². The van der Waals surface area contributed by atoms with Gasteiger partial charge in [0.05, 0.1) is 29.5 Å². The number of aliphatic hydroxyl groups excluding tert-OH is 2. The normalized spacial score (nSPS) is 25.9. The molecule has 24 heteroatoms. The van der Waals surface area contributed by atoms with E-state index in [0.717, 1.165) is 19.3 Å². The second kappa shape index (κ2) is 12.1. The highest BCUT2D eigenvalue weighted by Gasteiger charge is 2.47. The summed E-state index contributed by atoms with van der Waals surface area (Å²) in [5.41, 5.74) is 5.32. The van der Waals surface area contributed by atoms with E-state index in [9.17, 15) is 48.7 Å². The fourth-order valence-electron chi connectivity index (χ4n) is 3.89. The van der Waals surface area contributed by atoms with Crippen LogP contribution >= 0.6 is 23.5 Å². The molecule has 2 aromatic heterocycles. The number of nitro benzene ring substituents is 1. The molecule has 1 aromatic carbocycles. The SMILES string of the molecule is CC(OP(=O)(O)OP(=O)(O)OP(=O)(O)OCC1O[C@H](n2cnc3c(N)ncnc32)C(O)C1O)c1ccccc1[N+](=O)[O-]. The Labute approximate surface area is 234 Å². The van der Waals surface area contributed by atoms with Crippen molar-refractivity contribution in [2.75, 3.05) is 12.3 Å². The van der Waals surface area contributed by atoms with E-state index in [1.807, 2.05) is 0 Å². The highest BCUT2D eigenvalue weighted by molar-refractivity contribution is 7.66. The maximum Gasteiger partial charge on any atom is 0.490 e. The number of imidazole rings is 1. The molecule has 42 heavy (non-hydrogen) atoms. The van der Waals surface area contributed by atoms with E-state index in [1.165, 1.54) is 29.1 Å². The van der Waals surface area contributed by atoms with Gasteiger partial charge in [-0.1, -0.05) is 12.1 Å². The number of benzene rings is 1.